The van der Waals surface area contributed by atoms with Gasteiger partial charge in [-0.2, -0.15) is 0 Å². The van der Waals surface area contributed by atoms with Crippen molar-refractivity contribution in [2.45, 2.75) is 25.4 Å². The summed E-state index contributed by atoms with van der Waals surface area (Å²) in [7, 11) is 1.95. The van der Waals surface area contributed by atoms with Crippen LogP contribution in [0, 0.1) is 0 Å². The SMILES string of the molecule is C=C(Cc1ccc(Cl)cc1)N1CCC(c2cc(Cl)ccc2NC)=CC1c1ccc(Oc2ncc(CN3CCOCC3)s2)cc1. The quantitative estimate of drug-likeness (QED) is 0.186. The van der Waals surface area contributed by atoms with E-state index in [1.54, 1.807) is 11.3 Å². The van der Waals surface area contributed by atoms with E-state index in [0.717, 1.165) is 90.5 Å². The summed E-state index contributed by atoms with van der Waals surface area (Å²) in [5.74, 6) is 0.764. The Morgan fingerprint density at radius 3 is 2.52 bits per heavy atom. The fourth-order valence-corrected chi connectivity index (χ4v) is 6.88. The lowest BCUT2D eigenvalue weighted by Crippen LogP contribution is -2.35. The molecule has 9 heteroatoms. The van der Waals surface area contributed by atoms with E-state index in [1.165, 1.54) is 16.0 Å². The predicted molar refractivity (Wildman–Crippen MR) is 182 cm³/mol. The summed E-state index contributed by atoms with van der Waals surface area (Å²) in [4.78, 5) is 10.5. The normalized spacial score (nSPS) is 17.3. The van der Waals surface area contributed by atoms with Crippen molar-refractivity contribution in [3.63, 3.8) is 0 Å². The van der Waals surface area contributed by atoms with Crippen LogP contribution in [0.5, 0.6) is 10.9 Å². The van der Waals surface area contributed by atoms with Crippen molar-refractivity contribution in [1.82, 2.24) is 14.8 Å². The molecule has 0 bridgehead atoms. The Kier molecular flexibility index (Phi) is 9.89. The maximum Gasteiger partial charge on any atom is 0.278 e. The molecular weight excluding hydrogens is 611 g/mol. The smallest absolute Gasteiger partial charge is 0.278 e. The standard InChI is InChI=1S/C35H36Cl2N4O2S/c1-24(19-25-3-7-28(36)8-4-25)41-14-13-27(32-21-29(37)9-12-33(32)38-2)20-34(41)26-5-10-30(11-6-26)43-35-39-22-31(44-35)23-40-15-17-42-18-16-40/h3-12,20-22,34,38H,1,13-19,23H2,2H3. The number of anilines is 1. The van der Waals surface area contributed by atoms with Crippen LogP contribution in [0.4, 0.5) is 5.69 Å². The molecule has 3 heterocycles. The first kappa shape index (κ1) is 30.7. The van der Waals surface area contributed by atoms with Crippen molar-refractivity contribution in [2.24, 2.45) is 0 Å². The van der Waals surface area contributed by atoms with Crippen molar-refractivity contribution in [2.75, 3.05) is 45.2 Å². The second-order valence-corrected chi connectivity index (χ2v) is 13.0. The van der Waals surface area contributed by atoms with Crippen LogP contribution >= 0.6 is 34.5 Å². The molecule has 1 aromatic heterocycles. The minimum absolute atomic E-state index is 0.00345. The summed E-state index contributed by atoms with van der Waals surface area (Å²) in [6.07, 6.45) is 5.88. The molecule has 0 radical (unpaired) electrons. The fraction of sp³-hybridized carbons (Fsp3) is 0.286. The van der Waals surface area contributed by atoms with E-state index in [0.29, 0.717) is 5.19 Å². The van der Waals surface area contributed by atoms with Crippen molar-refractivity contribution in [1.29, 1.82) is 0 Å². The monoisotopic (exact) mass is 646 g/mol. The summed E-state index contributed by atoms with van der Waals surface area (Å²) in [6, 6.07) is 22.3. The zero-order valence-electron chi connectivity index (χ0n) is 24.8. The lowest BCUT2D eigenvalue weighted by molar-refractivity contribution is 0.0346. The number of ether oxygens (including phenoxy) is 2. The topological polar surface area (TPSA) is 49.9 Å². The third kappa shape index (κ3) is 7.48. The molecular formula is C35H36Cl2N4O2S. The van der Waals surface area contributed by atoms with E-state index in [9.17, 15) is 0 Å². The molecule has 3 aromatic carbocycles. The fourth-order valence-electron chi connectivity index (χ4n) is 5.76. The first-order valence-electron chi connectivity index (χ1n) is 14.8. The molecule has 1 unspecified atom stereocenters. The Morgan fingerprint density at radius 1 is 1.02 bits per heavy atom. The zero-order chi connectivity index (χ0) is 30.5. The molecule has 0 aliphatic carbocycles. The number of hydrogen-bond acceptors (Lipinski definition) is 7. The zero-order valence-corrected chi connectivity index (χ0v) is 27.1. The van der Waals surface area contributed by atoms with E-state index >= 15 is 0 Å². The maximum absolute atomic E-state index is 6.45. The Morgan fingerprint density at radius 2 is 1.77 bits per heavy atom. The van der Waals surface area contributed by atoms with Crippen molar-refractivity contribution < 1.29 is 9.47 Å². The molecule has 6 nitrogen and oxygen atoms in total. The number of allylic oxidation sites excluding steroid dienone is 1. The summed E-state index contributed by atoms with van der Waals surface area (Å²) in [6.45, 7) is 9.70. The summed E-state index contributed by atoms with van der Waals surface area (Å²) >= 11 is 14.2. The number of morpholine rings is 1. The van der Waals surface area contributed by atoms with Crippen molar-refractivity contribution >= 4 is 45.8 Å². The molecule has 228 valence electrons. The highest BCUT2D eigenvalue weighted by molar-refractivity contribution is 7.13. The number of thiazole rings is 1. The molecule has 0 spiro atoms. The van der Waals surface area contributed by atoms with Gasteiger partial charge in [0.15, 0.2) is 0 Å². The second kappa shape index (κ2) is 14.2. The van der Waals surface area contributed by atoms with Gasteiger partial charge in [-0.25, -0.2) is 4.98 Å². The maximum atomic E-state index is 6.45. The predicted octanol–water partition coefficient (Wildman–Crippen LogP) is 8.70. The molecule has 1 saturated heterocycles. The first-order chi connectivity index (χ1) is 21.4. The molecule has 0 saturated carbocycles. The van der Waals surface area contributed by atoms with Crippen LogP contribution in [-0.4, -0.2) is 54.7 Å². The van der Waals surface area contributed by atoms with Crippen LogP contribution in [0.2, 0.25) is 10.0 Å². The average Bonchev–Trinajstić information content (AvgIpc) is 3.49. The molecule has 1 fully saturated rings. The lowest BCUT2D eigenvalue weighted by atomic mass is 9.90. The molecule has 6 rings (SSSR count). The third-order valence-corrected chi connectivity index (χ3v) is 9.43. The van der Waals surface area contributed by atoms with Gasteiger partial charge in [0.25, 0.3) is 5.19 Å². The van der Waals surface area contributed by atoms with Crippen LogP contribution in [-0.2, 0) is 17.7 Å². The van der Waals surface area contributed by atoms with Crippen LogP contribution in [0.1, 0.15) is 34.0 Å². The first-order valence-corrected chi connectivity index (χ1v) is 16.4. The Bertz CT molecular complexity index is 1610. The number of hydrogen-bond donors (Lipinski definition) is 1. The highest BCUT2D eigenvalue weighted by atomic mass is 35.5. The molecule has 0 amide bonds. The highest BCUT2D eigenvalue weighted by Gasteiger charge is 2.26. The molecule has 44 heavy (non-hydrogen) atoms. The third-order valence-electron chi connectivity index (χ3n) is 8.08. The number of nitrogens with one attached hydrogen (secondary N) is 1. The Labute approximate surface area is 273 Å². The largest absolute Gasteiger partial charge is 0.431 e. The van der Waals surface area contributed by atoms with Gasteiger partial charge in [-0.1, -0.05) is 71.5 Å². The number of aromatic nitrogens is 1. The van der Waals surface area contributed by atoms with E-state index in [-0.39, 0.29) is 6.04 Å². The van der Waals surface area contributed by atoms with E-state index < -0.39 is 0 Å². The van der Waals surface area contributed by atoms with Gasteiger partial charge in [0.2, 0.25) is 0 Å². The van der Waals surface area contributed by atoms with E-state index in [1.807, 2.05) is 55.7 Å². The van der Waals surface area contributed by atoms with Crippen molar-refractivity contribution in [3.05, 3.63) is 123 Å². The highest BCUT2D eigenvalue weighted by Crippen LogP contribution is 2.40. The minimum atomic E-state index is -0.00345. The summed E-state index contributed by atoms with van der Waals surface area (Å²) in [5.41, 5.74) is 6.85. The Balaban J connectivity index is 1.23. The van der Waals surface area contributed by atoms with Gasteiger partial charge >= 0.3 is 0 Å². The van der Waals surface area contributed by atoms with Crippen LogP contribution in [0.15, 0.2) is 91.3 Å². The summed E-state index contributed by atoms with van der Waals surface area (Å²) < 4.78 is 11.6. The number of halogens is 2. The number of rotatable bonds is 10. The van der Waals surface area contributed by atoms with Gasteiger partial charge in [0.1, 0.15) is 5.75 Å². The molecule has 4 aromatic rings. The van der Waals surface area contributed by atoms with E-state index in [4.69, 9.17) is 32.7 Å². The van der Waals surface area contributed by atoms with Gasteiger partial charge in [0, 0.05) is 77.7 Å². The molecule has 2 aliphatic rings. The van der Waals surface area contributed by atoms with Gasteiger partial charge in [-0.3, -0.25) is 4.90 Å². The van der Waals surface area contributed by atoms with Crippen LogP contribution in [0.25, 0.3) is 5.57 Å². The average molecular weight is 648 g/mol. The van der Waals surface area contributed by atoms with Crippen LogP contribution in [0.3, 0.4) is 0 Å². The van der Waals surface area contributed by atoms with Gasteiger partial charge < -0.3 is 19.7 Å². The molecule has 2 aliphatic heterocycles. The van der Waals surface area contributed by atoms with Gasteiger partial charge in [0.05, 0.1) is 19.3 Å². The number of nitrogens with zero attached hydrogens (tertiary/aromatic N) is 3. The lowest BCUT2D eigenvalue weighted by Gasteiger charge is -2.38. The molecule has 1 N–H and O–H groups in total. The summed E-state index contributed by atoms with van der Waals surface area (Å²) in [5, 5.41) is 5.44. The van der Waals surface area contributed by atoms with Crippen LogP contribution < -0.4 is 10.1 Å². The Hall–Kier alpha value is -3.33. The minimum Gasteiger partial charge on any atom is -0.431 e. The van der Waals surface area contributed by atoms with Gasteiger partial charge in [-0.05, 0) is 65.6 Å². The van der Waals surface area contributed by atoms with Gasteiger partial charge in [-0.15, -0.1) is 0 Å². The van der Waals surface area contributed by atoms with E-state index in [2.05, 4.69) is 57.0 Å². The van der Waals surface area contributed by atoms with Crippen molar-refractivity contribution in [3.8, 4) is 10.9 Å². The second-order valence-electron chi connectivity index (χ2n) is 11.0. The molecule has 1 atom stereocenters. The number of benzene rings is 3.